The van der Waals surface area contributed by atoms with Crippen molar-refractivity contribution in [3.63, 3.8) is 0 Å². The van der Waals surface area contributed by atoms with Gasteiger partial charge in [-0.2, -0.15) is 0 Å². The van der Waals surface area contributed by atoms with Gasteiger partial charge in [-0.3, -0.25) is 19.5 Å². The van der Waals surface area contributed by atoms with Gasteiger partial charge in [0.25, 0.3) is 21.6 Å². The molecule has 0 aliphatic heterocycles. The van der Waals surface area contributed by atoms with Crippen LogP contribution in [0.5, 0.6) is 0 Å². The largest absolute Gasteiger partial charge is 0.379 e. The van der Waals surface area contributed by atoms with Crippen LogP contribution in [0.1, 0.15) is 42.1 Å². The molecule has 1 saturated carbocycles. The zero-order valence-electron chi connectivity index (χ0n) is 24.6. The van der Waals surface area contributed by atoms with E-state index in [2.05, 4.69) is 10.3 Å². The molecule has 0 radical (unpaired) electrons. The van der Waals surface area contributed by atoms with Crippen molar-refractivity contribution in [3.8, 4) is 11.1 Å². The molecule has 0 saturated heterocycles. The van der Waals surface area contributed by atoms with Crippen LogP contribution < -0.4 is 15.7 Å². The molecular formula is C33H31N5O6S2. The van der Waals surface area contributed by atoms with Crippen LogP contribution in [-0.4, -0.2) is 41.1 Å². The number of nitro benzene ring substituents is 1. The first kappa shape index (κ1) is 31.1. The predicted octanol–water partition coefficient (Wildman–Crippen LogP) is 6.34. The Balaban J connectivity index is 1.12. The fourth-order valence-electron chi connectivity index (χ4n) is 5.74. The number of carbonyl (C=O) groups excluding carboxylic acids is 1. The third kappa shape index (κ3) is 6.70. The Labute approximate surface area is 269 Å². The number of sulfonamides is 1. The van der Waals surface area contributed by atoms with Crippen LogP contribution in [0.25, 0.3) is 22.2 Å². The number of hydrogen-bond acceptors (Lipinski definition) is 8. The normalized spacial score (nSPS) is 13.6. The number of nitro groups is 1. The Morgan fingerprint density at radius 3 is 2.39 bits per heavy atom. The lowest BCUT2D eigenvalue weighted by Gasteiger charge is -2.11. The van der Waals surface area contributed by atoms with Crippen LogP contribution in [0.2, 0.25) is 0 Å². The number of anilines is 1. The van der Waals surface area contributed by atoms with Crippen LogP contribution in [0.15, 0.2) is 106 Å². The number of nitrogens with one attached hydrogen (secondary N) is 3. The highest BCUT2D eigenvalue weighted by Crippen LogP contribution is 2.32. The van der Waals surface area contributed by atoms with Crippen LogP contribution in [0, 0.1) is 10.1 Å². The number of rotatable bonds is 11. The number of nitrogens with zero attached hydrogens (tertiary/aromatic N) is 2. The van der Waals surface area contributed by atoms with E-state index in [4.69, 9.17) is 0 Å². The molecule has 0 atom stereocenters. The fraction of sp³-hybridized carbons (Fsp3) is 0.212. The number of carbonyl (C=O) groups is 1. The fourth-order valence-corrected chi connectivity index (χ4v) is 7.52. The van der Waals surface area contributed by atoms with Crippen molar-refractivity contribution in [1.82, 2.24) is 14.3 Å². The zero-order chi connectivity index (χ0) is 32.3. The molecule has 1 amide bonds. The molecule has 4 aromatic carbocycles. The molecule has 5 aromatic rings. The molecule has 6 rings (SSSR count). The molecule has 11 nitrogen and oxygen atoms in total. The van der Waals surface area contributed by atoms with Crippen LogP contribution in [0.3, 0.4) is 0 Å². The summed E-state index contributed by atoms with van der Waals surface area (Å²) in [4.78, 5) is 40.3. The Bertz CT molecular complexity index is 2070. The van der Waals surface area contributed by atoms with E-state index in [1.807, 2.05) is 57.8 Å². The average molecular weight is 658 g/mol. The summed E-state index contributed by atoms with van der Waals surface area (Å²) in [6.07, 6.45) is 4.20. The number of thioether (sulfide) groups is 1. The molecular weight excluding hydrogens is 627 g/mol. The van der Waals surface area contributed by atoms with E-state index in [0.29, 0.717) is 12.3 Å². The molecule has 1 fully saturated rings. The quantitative estimate of drug-likeness (QED) is 0.0643. The zero-order valence-corrected chi connectivity index (χ0v) is 26.3. The summed E-state index contributed by atoms with van der Waals surface area (Å²) in [6.45, 7) is 0.415. The number of amides is 1. The molecule has 3 N–H and O–H groups in total. The van der Waals surface area contributed by atoms with Crippen molar-refractivity contribution in [2.45, 2.75) is 41.5 Å². The highest BCUT2D eigenvalue weighted by molar-refractivity contribution is 7.99. The first-order valence-electron chi connectivity index (χ1n) is 14.8. The van der Waals surface area contributed by atoms with Gasteiger partial charge in [0.2, 0.25) is 0 Å². The second-order valence-corrected chi connectivity index (χ2v) is 13.9. The van der Waals surface area contributed by atoms with E-state index in [1.165, 1.54) is 24.3 Å². The molecule has 13 heteroatoms. The van der Waals surface area contributed by atoms with Crippen molar-refractivity contribution >= 4 is 50.1 Å². The lowest BCUT2D eigenvalue weighted by atomic mass is 10.0. The maximum Gasteiger partial charge on any atom is 0.326 e. The standard InChI is InChI=1S/C33H31N5O6S2/c39-32(23-12-10-22(11-13-23)24-14-17-30-29(20-24)35-33(40)37(30)25-6-4-5-7-25)36-46(43,44)27-15-16-28(31(21-27)38(41)42)34-18-19-45-26-8-2-1-3-9-26/h1-3,8-17,20-21,25,34H,4-7,18-19H2,(H,35,40)(H,36,39). The van der Waals surface area contributed by atoms with Gasteiger partial charge in [-0.1, -0.05) is 49.2 Å². The molecule has 0 spiro atoms. The van der Waals surface area contributed by atoms with Gasteiger partial charge in [0.1, 0.15) is 5.69 Å². The monoisotopic (exact) mass is 657 g/mol. The van der Waals surface area contributed by atoms with Crippen molar-refractivity contribution in [2.24, 2.45) is 0 Å². The maximum absolute atomic E-state index is 13.0. The average Bonchev–Trinajstić information content (AvgIpc) is 3.70. The molecule has 0 unspecified atom stereocenters. The number of hydrogen-bond donors (Lipinski definition) is 3. The summed E-state index contributed by atoms with van der Waals surface area (Å²) in [6, 6.07) is 25.5. The van der Waals surface area contributed by atoms with E-state index >= 15 is 0 Å². The molecule has 1 heterocycles. The third-order valence-electron chi connectivity index (χ3n) is 8.02. The number of aromatic amines is 1. The van der Waals surface area contributed by atoms with E-state index in [1.54, 1.807) is 23.9 Å². The van der Waals surface area contributed by atoms with Crippen molar-refractivity contribution in [2.75, 3.05) is 17.6 Å². The van der Waals surface area contributed by atoms with Gasteiger partial charge < -0.3 is 10.3 Å². The molecule has 1 aliphatic carbocycles. The number of benzene rings is 4. The Morgan fingerprint density at radius 2 is 1.67 bits per heavy atom. The van der Waals surface area contributed by atoms with Gasteiger partial charge in [-0.05, 0) is 72.5 Å². The van der Waals surface area contributed by atoms with Crippen molar-refractivity contribution in [1.29, 1.82) is 0 Å². The molecule has 0 bridgehead atoms. The second kappa shape index (κ2) is 13.2. The molecule has 236 valence electrons. The van der Waals surface area contributed by atoms with Crippen LogP contribution >= 0.6 is 11.8 Å². The third-order valence-corrected chi connectivity index (χ3v) is 10.4. The first-order valence-corrected chi connectivity index (χ1v) is 17.3. The molecule has 46 heavy (non-hydrogen) atoms. The van der Waals surface area contributed by atoms with E-state index < -0.39 is 31.4 Å². The Morgan fingerprint density at radius 1 is 0.957 bits per heavy atom. The summed E-state index contributed by atoms with van der Waals surface area (Å²) in [5, 5.41) is 14.7. The number of H-pyrrole nitrogens is 1. The topological polar surface area (TPSA) is 156 Å². The number of aromatic nitrogens is 2. The SMILES string of the molecule is O=C(NS(=O)(=O)c1ccc(NCCSc2ccccc2)c([N+](=O)[O-])c1)c1ccc(-c2ccc3c(c2)[nH]c(=O)n3C2CCCC2)cc1. The van der Waals surface area contributed by atoms with Gasteiger partial charge in [0, 0.05) is 34.9 Å². The van der Waals surface area contributed by atoms with E-state index in [-0.39, 0.29) is 23.0 Å². The lowest BCUT2D eigenvalue weighted by molar-refractivity contribution is -0.384. The van der Waals surface area contributed by atoms with Gasteiger partial charge in [0.15, 0.2) is 0 Å². The van der Waals surface area contributed by atoms with Crippen molar-refractivity contribution in [3.05, 3.63) is 117 Å². The first-order chi connectivity index (χ1) is 22.2. The summed E-state index contributed by atoms with van der Waals surface area (Å²) in [5.41, 5.74) is 2.91. The van der Waals surface area contributed by atoms with Crippen molar-refractivity contribution < 1.29 is 18.1 Å². The minimum Gasteiger partial charge on any atom is -0.379 e. The summed E-state index contributed by atoms with van der Waals surface area (Å²) >= 11 is 1.58. The van der Waals surface area contributed by atoms with Gasteiger partial charge in [0.05, 0.1) is 20.9 Å². The summed E-state index contributed by atoms with van der Waals surface area (Å²) < 4.78 is 29.9. The smallest absolute Gasteiger partial charge is 0.326 e. The number of imidazole rings is 1. The maximum atomic E-state index is 13.0. The van der Waals surface area contributed by atoms with E-state index in [9.17, 15) is 28.1 Å². The number of fused-ring (bicyclic) bond motifs is 1. The second-order valence-electron chi connectivity index (χ2n) is 11.0. The Kier molecular flexibility index (Phi) is 8.95. The Hall–Kier alpha value is -4.88. The highest BCUT2D eigenvalue weighted by Gasteiger charge is 2.24. The predicted molar refractivity (Wildman–Crippen MR) is 179 cm³/mol. The van der Waals surface area contributed by atoms with E-state index in [0.717, 1.165) is 58.8 Å². The van der Waals surface area contributed by atoms with Gasteiger partial charge >= 0.3 is 5.69 Å². The summed E-state index contributed by atoms with van der Waals surface area (Å²) in [7, 11) is -4.41. The molecule has 1 aromatic heterocycles. The molecule has 1 aliphatic rings. The lowest BCUT2D eigenvalue weighted by Crippen LogP contribution is -2.30. The van der Waals surface area contributed by atoms with Gasteiger partial charge in [-0.15, -0.1) is 11.8 Å². The minimum absolute atomic E-state index is 0.0953. The minimum atomic E-state index is -4.41. The van der Waals surface area contributed by atoms with Gasteiger partial charge in [-0.25, -0.2) is 17.9 Å². The van der Waals surface area contributed by atoms with Crippen LogP contribution in [-0.2, 0) is 10.0 Å². The summed E-state index contributed by atoms with van der Waals surface area (Å²) in [5.74, 6) is -0.235. The van der Waals surface area contributed by atoms with Crippen LogP contribution in [0.4, 0.5) is 11.4 Å². The highest BCUT2D eigenvalue weighted by atomic mass is 32.2.